The normalized spacial score (nSPS) is 15.4. The molecule has 0 aliphatic carbocycles. The molecular formula is C22H16Cl6O2S2. The first-order valence-corrected chi connectivity index (χ1v) is 12.6. The molecule has 0 heterocycles. The lowest BCUT2D eigenvalue weighted by Crippen LogP contribution is -2.23. The van der Waals surface area contributed by atoms with E-state index in [-0.39, 0.29) is 0 Å². The quantitative estimate of drug-likeness (QED) is 0.191. The van der Waals surface area contributed by atoms with Crippen LogP contribution in [-0.4, -0.2) is 6.25 Å². The van der Waals surface area contributed by atoms with Crippen molar-refractivity contribution in [3.05, 3.63) is 71.8 Å². The summed E-state index contributed by atoms with van der Waals surface area (Å²) in [5, 5.41) is 0. The lowest BCUT2D eigenvalue weighted by Gasteiger charge is -2.25. The second-order valence-corrected chi connectivity index (χ2v) is 14.3. The van der Waals surface area contributed by atoms with Crippen molar-refractivity contribution < 1.29 is 8.37 Å². The number of alkyl halides is 6. The van der Waals surface area contributed by atoms with Crippen molar-refractivity contribution in [3.8, 4) is 23.7 Å². The zero-order valence-corrected chi connectivity index (χ0v) is 22.8. The molecule has 2 nitrogen and oxygen atoms in total. The van der Waals surface area contributed by atoms with E-state index in [0.717, 1.165) is 11.1 Å². The van der Waals surface area contributed by atoms with E-state index in [9.17, 15) is 0 Å². The summed E-state index contributed by atoms with van der Waals surface area (Å²) in [5.41, 5.74) is -0.656. The third-order valence-corrected chi connectivity index (χ3v) is 6.26. The highest BCUT2D eigenvalue weighted by Gasteiger charge is 2.33. The standard InChI is InChI=1S/C22H16Cl6O2S2/c1-19(29-31-21(23,24)25,17-11-5-3-6-12-17)15-9-10-16-20(2,30-32-22(26,27)28)18-13-7-4-8-14-18/h3-8,11-14H,1-2H3. The molecule has 0 aliphatic heterocycles. The molecule has 0 N–H and O–H groups in total. The molecule has 2 atom stereocenters. The molecule has 2 unspecified atom stereocenters. The van der Waals surface area contributed by atoms with Gasteiger partial charge < -0.3 is 0 Å². The van der Waals surface area contributed by atoms with E-state index < -0.39 is 17.5 Å². The third-order valence-electron chi connectivity index (χ3n) is 3.92. The van der Waals surface area contributed by atoms with E-state index in [1.807, 2.05) is 60.7 Å². The van der Waals surface area contributed by atoms with Gasteiger partial charge in [0, 0.05) is 0 Å². The maximum atomic E-state index is 5.83. The Labute approximate surface area is 227 Å². The zero-order chi connectivity index (χ0) is 23.9. The average Bonchev–Trinajstić information content (AvgIpc) is 2.74. The van der Waals surface area contributed by atoms with Crippen molar-refractivity contribution in [3.63, 3.8) is 0 Å². The van der Waals surface area contributed by atoms with Crippen molar-refractivity contribution in [2.75, 3.05) is 0 Å². The predicted octanol–water partition coefficient (Wildman–Crippen LogP) is 8.81. The van der Waals surface area contributed by atoms with Gasteiger partial charge in [-0.15, -0.1) is 0 Å². The first-order valence-electron chi connectivity index (χ1n) is 8.86. The number of benzene rings is 2. The van der Waals surface area contributed by atoms with Gasteiger partial charge in [-0.3, -0.25) is 8.37 Å². The molecule has 0 fully saturated rings. The fourth-order valence-electron chi connectivity index (χ4n) is 2.36. The van der Waals surface area contributed by atoms with Gasteiger partial charge in [-0.1, -0.05) is 130 Å². The number of halogens is 6. The Morgan fingerprint density at radius 2 is 0.906 bits per heavy atom. The molecule has 170 valence electrons. The Balaban J connectivity index is 2.37. The van der Waals surface area contributed by atoms with E-state index in [0.29, 0.717) is 24.1 Å². The maximum absolute atomic E-state index is 5.83. The molecule has 2 aromatic carbocycles. The van der Waals surface area contributed by atoms with Crippen molar-refractivity contribution >= 4 is 93.7 Å². The summed E-state index contributed by atoms with van der Waals surface area (Å²) in [5.74, 6) is 11.6. The van der Waals surface area contributed by atoms with Crippen molar-refractivity contribution in [1.82, 2.24) is 0 Å². The molecule has 0 amide bonds. The van der Waals surface area contributed by atoms with Gasteiger partial charge in [0.15, 0.2) is 11.2 Å². The summed E-state index contributed by atoms with van der Waals surface area (Å²) in [6.45, 7) is 3.51. The Kier molecular flexibility index (Phi) is 10.6. The van der Waals surface area contributed by atoms with Gasteiger partial charge in [-0.05, 0) is 48.7 Å². The molecule has 0 bridgehead atoms. The summed E-state index contributed by atoms with van der Waals surface area (Å²) < 4.78 is 8.22. The minimum Gasteiger partial charge on any atom is -0.287 e. The summed E-state index contributed by atoms with van der Waals surface area (Å²) in [4.78, 5) is 0. The van der Waals surface area contributed by atoms with Gasteiger partial charge in [-0.25, -0.2) is 0 Å². The van der Waals surface area contributed by atoms with Crippen LogP contribution in [0.1, 0.15) is 25.0 Å². The first kappa shape index (κ1) is 28.2. The highest BCUT2D eigenvalue weighted by atomic mass is 35.6. The van der Waals surface area contributed by atoms with Gasteiger partial charge in [0.05, 0.1) is 24.1 Å². The van der Waals surface area contributed by atoms with Gasteiger partial charge in [0.2, 0.25) is 0 Å². The van der Waals surface area contributed by atoms with Crippen LogP contribution in [-0.2, 0) is 19.6 Å². The highest BCUT2D eigenvalue weighted by Crippen LogP contribution is 2.44. The van der Waals surface area contributed by atoms with Crippen molar-refractivity contribution in [2.24, 2.45) is 0 Å². The SMILES string of the molecule is CC(C#CC#CC(C)(OSC(Cl)(Cl)Cl)c1ccccc1)(OSC(Cl)(Cl)Cl)c1ccccc1. The highest BCUT2D eigenvalue weighted by molar-refractivity contribution is 8.00. The smallest absolute Gasteiger partial charge is 0.262 e. The summed E-state index contributed by atoms with van der Waals surface area (Å²) >= 11 is 36.3. The number of hydrogen-bond acceptors (Lipinski definition) is 4. The van der Waals surface area contributed by atoms with Crippen LogP contribution in [0.15, 0.2) is 60.7 Å². The van der Waals surface area contributed by atoms with E-state index in [4.69, 9.17) is 78.0 Å². The summed E-state index contributed by atoms with van der Waals surface area (Å²) in [6, 6.07) is 18.6. The largest absolute Gasteiger partial charge is 0.287 e. The molecule has 0 spiro atoms. The lowest BCUT2D eigenvalue weighted by molar-refractivity contribution is 0.188. The predicted molar refractivity (Wildman–Crippen MR) is 141 cm³/mol. The van der Waals surface area contributed by atoms with E-state index >= 15 is 0 Å². The second-order valence-electron chi connectivity index (χ2n) is 6.52. The van der Waals surface area contributed by atoms with E-state index in [2.05, 4.69) is 23.7 Å². The lowest BCUT2D eigenvalue weighted by atomic mass is 9.96. The van der Waals surface area contributed by atoms with E-state index in [1.54, 1.807) is 13.8 Å². The van der Waals surface area contributed by atoms with Crippen LogP contribution in [0, 0.1) is 23.7 Å². The fraction of sp³-hybridized carbons (Fsp3) is 0.273. The van der Waals surface area contributed by atoms with Crippen LogP contribution in [0.4, 0.5) is 0 Å². The fourth-order valence-corrected chi connectivity index (χ4v) is 3.72. The summed E-state index contributed by atoms with van der Waals surface area (Å²) in [6.07, 6.45) is 0. The first-order chi connectivity index (χ1) is 14.8. The summed E-state index contributed by atoms with van der Waals surface area (Å²) in [7, 11) is 0. The minimum absolute atomic E-state index is 0.680. The number of rotatable bonds is 6. The maximum Gasteiger partial charge on any atom is 0.262 e. The molecule has 10 heteroatoms. The Bertz CT molecular complexity index is 920. The molecule has 2 aromatic rings. The van der Waals surface area contributed by atoms with Gasteiger partial charge in [0.1, 0.15) is 0 Å². The Morgan fingerprint density at radius 1 is 0.594 bits per heavy atom. The van der Waals surface area contributed by atoms with Crippen LogP contribution in [0.2, 0.25) is 0 Å². The van der Waals surface area contributed by atoms with Crippen LogP contribution >= 0.6 is 93.7 Å². The zero-order valence-electron chi connectivity index (χ0n) is 16.7. The molecule has 0 aliphatic rings. The monoisotopic (exact) mass is 586 g/mol. The molecular weight excluding hydrogens is 573 g/mol. The van der Waals surface area contributed by atoms with Gasteiger partial charge in [0.25, 0.3) is 6.25 Å². The average molecular weight is 589 g/mol. The van der Waals surface area contributed by atoms with Crippen LogP contribution in [0.25, 0.3) is 0 Å². The molecule has 32 heavy (non-hydrogen) atoms. The topological polar surface area (TPSA) is 18.5 Å². The third kappa shape index (κ3) is 9.65. The van der Waals surface area contributed by atoms with Gasteiger partial charge in [-0.2, -0.15) is 0 Å². The van der Waals surface area contributed by atoms with Crippen molar-refractivity contribution in [1.29, 1.82) is 0 Å². The molecule has 0 aromatic heterocycles. The van der Waals surface area contributed by atoms with Crippen LogP contribution < -0.4 is 0 Å². The van der Waals surface area contributed by atoms with Crippen LogP contribution in [0.3, 0.4) is 0 Å². The molecule has 0 radical (unpaired) electrons. The molecule has 2 rings (SSSR count). The van der Waals surface area contributed by atoms with E-state index in [1.165, 1.54) is 0 Å². The minimum atomic E-state index is -1.67. The number of hydrogen-bond donors (Lipinski definition) is 0. The second kappa shape index (κ2) is 12.1. The van der Waals surface area contributed by atoms with Crippen LogP contribution in [0.5, 0.6) is 0 Å². The van der Waals surface area contributed by atoms with Gasteiger partial charge >= 0.3 is 0 Å². The molecule has 0 saturated heterocycles. The molecule has 0 saturated carbocycles. The Hall–Kier alpha value is -0.0800. The van der Waals surface area contributed by atoms with Crippen molar-refractivity contribution in [2.45, 2.75) is 31.3 Å². The Morgan fingerprint density at radius 3 is 1.19 bits per heavy atom.